The fourth-order valence-corrected chi connectivity index (χ4v) is 1.49. The number of benzene rings is 1. The number of amides is 2. The van der Waals surface area contributed by atoms with Crippen LogP contribution in [0.1, 0.15) is 15.9 Å². The number of primary amides is 1. The third kappa shape index (κ3) is 4.40. The summed E-state index contributed by atoms with van der Waals surface area (Å²) >= 11 is 0. The van der Waals surface area contributed by atoms with Gasteiger partial charge < -0.3 is 20.8 Å². The average molecular weight is 266 g/mol. The maximum Gasteiger partial charge on any atom is 0.323 e. The van der Waals surface area contributed by atoms with Crippen LogP contribution in [0.3, 0.4) is 0 Å². The van der Waals surface area contributed by atoms with Crippen molar-refractivity contribution in [3.8, 4) is 0 Å². The van der Waals surface area contributed by atoms with Crippen molar-refractivity contribution in [1.82, 2.24) is 4.90 Å². The van der Waals surface area contributed by atoms with Crippen molar-refractivity contribution in [2.75, 3.05) is 13.1 Å². The Morgan fingerprint density at radius 3 is 2.11 bits per heavy atom. The zero-order valence-electron chi connectivity index (χ0n) is 10.1. The zero-order valence-corrected chi connectivity index (χ0v) is 10.1. The van der Waals surface area contributed by atoms with Crippen LogP contribution in [0.2, 0.25) is 0 Å². The van der Waals surface area contributed by atoms with Crippen LogP contribution in [-0.4, -0.2) is 46.0 Å². The Morgan fingerprint density at radius 1 is 1.11 bits per heavy atom. The van der Waals surface area contributed by atoms with E-state index in [-0.39, 0.29) is 12.2 Å². The number of aliphatic hydroxyl groups excluding tert-OH is 1. The Labute approximate surface area is 109 Å². The largest absolute Gasteiger partial charge is 0.480 e. The molecular formula is C12H14N2O5. The number of carbonyl (C=O) groups excluding carboxylic acids is 2. The molecule has 0 fully saturated rings. The monoisotopic (exact) mass is 266 g/mol. The van der Waals surface area contributed by atoms with E-state index in [4.69, 9.17) is 15.9 Å². The highest BCUT2D eigenvalue weighted by atomic mass is 16.4. The minimum absolute atomic E-state index is 0.158. The summed E-state index contributed by atoms with van der Waals surface area (Å²) in [7, 11) is 0. The van der Waals surface area contributed by atoms with Gasteiger partial charge in [-0.15, -0.1) is 0 Å². The fraction of sp³-hybridized carbons (Fsp3) is 0.250. The molecule has 0 radical (unpaired) electrons. The van der Waals surface area contributed by atoms with E-state index in [9.17, 15) is 14.4 Å². The first-order valence-electron chi connectivity index (χ1n) is 5.43. The molecule has 0 aliphatic carbocycles. The van der Waals surface area contributed by atoms with Gasteiger partial charge in [0.15, 0.2) is 0 Å². The van der Waals surface area contributed by atoms with Gasteiger partial charge in [0, 0.05) is 5.56 Å². The Kier molecular flexibility index (Phi) is 5.01. The van der Waals surface area contributed by atoms with Crippen LogP contribution in [0.15, 0.2) is 24.3 Å². The number of aliphatic hydroxyl groups is 1. The molecule has 102 valence electrons. The van der Waals surface area contributed by atoms with Crippen molar-refractivity contribution >= 4 is 17.8 Å². The van der Waals surface area contributed by atoms with Crippen molar-refractivity contribution in [3.63, 3.8) is 0 Å². The second kappa shape index (κ2) is 6.50. The molecule has 1 rings (SSSR count). The SMILES string of the molecule is NC(=O)CN(CC(=O)O)C(=O)c1ccc(CO)cc1. The second-order valence-corrected chi connectivity index (χ2v) is 3.88. The number of rotatable bonds is 6. The normalized spacial score (nSPS) is 9.95. The number of carbonyl (C=O) groups is 3. The van der Waals surface area contributed by atoms with Crippen LogP contribution in [-0.2, 0) is 16.2 Å². The molecule has 0 spiro atoms. The van der Waals surface area contributed by atoms with Gasteiger partial charge in [0.05, 0.1) is 6.61 Å². The number of nitrogens with two attached hydrogens (primary N) is 1. The third-order valence-electron chi connectivity index (χ3n) is 2.34. The maximum absolute atomic E-state index is 12.0. The summed E-state index contributed by atoms with van der Waals surface area (Å²) in [5.74, 6) is -2.63. The van der Waals surface area contributed by atoms with Crippen LogP contribution < -0.4 is 5.73 Å². The molecule has 0 aliphatic heterocycles. The van der Waals surface area contributed by atoms with Crippen LogP contribution in [0, 0.1) is 0 Å². The predicted octanol–water partition coefficient (Wildman–Crippen LogP) is -0.809. The summed E-state index contributed by atoms with van der Waals surface area (Å²) in [6, 6.07) is 5.97. The molecule has 7 nitrogen and oxygen atoms in total. The molecule has 4 N–H and O–H groups in total. The van der Waals surface area contributed by atoms with E-state index >= 15 is 0 Å². The number of carboxylic acid groups (broad SMARTS) is 1. The summed E-state index contributed by atoms with van der Waals surface area (Å²) in [4.78, 5) is 34.3. The first kappa shape index (κ1) is 14.7. The number of aliphatic carboxylic acids is 1. The summed E-state index contributed by atoms with van der Waals surface area (Å²) < 4.78 is 0. The lowest BCUT2D eigenvalue weighted by Gasteiger charge is -2.19. The molecule has 0 aliphatic rings. The number of hydrogen-bond acceptors (Lipinski definition) is 4. The average Bonchev–Trinajstić information content (AvgIpc) is 2.36. The molecule has 2 amide bonds. The van der Waals surface area contributed by atoms with E-state index in [1.165, 1.54) is 24.3 Å². The van der Waals surface area contributed by atoms with Crippen molar-refractivity contribution in [3.05, 3.63) is 35.4 Å². The topological polar surface area (TPSA) is 121 Å². The molecule has 0 aromatic heterocycles. The summed E-state index contributed by atoms with van der Waals surface area (Å²) in [6.45, 7) is -1.23. The molecule has 0 bridgehead atoms. The Balaban J connectivity index is 2.90. The van der Waals surface area contributed by atoms with Gasteiger partial charge in [-0.2, -0.15) is 0 Å². The minimum Gasteiger partial charge on any atom is -0.480 e. The Bertz CT molecular complexity index is 467. The quantitative estimate of drug-likeness (QED) is 0.622. The Hall–Kier alpha value is -2.41. The lowest BCUT2D eigenvalue weighted by atomic mass is 10.1. The molecule has 7 heteroatoms. The van der Waals surface area contributed by atoms with Gasteiger partial charge in [-0.05, 0) is 17.7 Å². The molecule has 0 unspecified atom stereocenters. The van der Waals surface area contributed by atoms with Crippen LogP contribution in [0.5, 0.6) is 0 Å². The maximum atomic E-state index is 12.0. The summed E-state index contributed by atoms with van der Waals surface area (Å²) in [5, 5.41) is 17.6. The molecule has 1 aromatic rings. The van der Waals surface area contributed by atoms with E-state index in [1.54, 1.807) is 0 Å². The lowest BCUT2D eigenvalue weighted by Crippen LogP contribution is -2.41. The Morgan fingerprint density at radius 2 is 1.68 bits per heavy atom. The lowest BCUT2D eigenvalue weighted by molar-refractivity contribution is -0.138. The number of hydrogen-bond donors (Lipinski definition) is 3. The first-order chi connectivity index (χ1) is 8.93. The van der Waals surface area contributed by atoms with Gasteiger partial charge in [0.2, 0.25) is 5.91 Å². The van der Waals surface area contributed by atoms with Gasteiger partial charge in [0.25, 0.3) is 5.91 Å². The molecule has 0 heterocycles. The second-order valence-electron chi connectivity index (χ2n) is 3.88. The third-order valence-corrected chi connectivity index (χ3v) is 2.34. The molecule has 0 saturated heterocycles. The van der Waals surface area contributed by atoms with E-state index in [0.29, 0.717) is 5.56 Å². The molecule has 1 aromatic carbocycles. The molecular weight excluding hydrogens is 252 g/mol. The molecule has 19 heavy (non-hydrogen) atoms. The van der Waals surface area contributed by atoms with Gasteiger partial charge in [-0.3, -0.25) is 14.4 Å². The van der Waals surface area contributed by atoms with E-state index in [1.807, 2.05) is 0 Å². The van der Waals surface area contributed by atoms with E-state index in [0.717, 1.165) is 4.90 Å². The van der Waals surface area contributed by atoms with Gasteiger partial charge >= 0.3 is 5.97 Å². The molecule has 0 saturated carbocycles. The predicted molar refractivity (Wildman–Crippen MR) is 65.1 cm³/mol. The fourth-order valence-electron chi connectivity index (χ4n) is 1.49. The van der Waals surface area contributed by atoms with Gasteiger partial charge in [0.1, 0.15) is 13.1 Å². The van der Waals surface area contributed by atoms with Crippen LogP contribution in [0.4, 0.5) is 0 Å². The van der Waals surface area contributed by atoms with Gasteiger partial charge in [-0.25, -0.2) is 0 Å². The number of carboxylic acids is 1. The summed E-state index contributed by atoms with van der Waals surface area (Å²) in [5.41, 5.74) is 5.82. The van der Waals surface area contributed by atoms with Crippen molar-refractivity contribution < 1.29 is 24.6 Å². The van der Waals surface area contributed by atoms with Crippen molar-refractivity contribution in [1.29, 1.82) is 0 Å². The smallest absolute Gasteiger partial charge is 0.323 e. The summed E-state index contributed by atoms with van der Waals surface area (Å²) in [6.07, 6.45) is 0. The standard InChI is InChI=1S/C12H14N2O5/c13-10(16)5-14(6-11(17)18)12(19)9-3-1-8(7-15)2-4-9/h1-4,15H,5-7H2,(H2,13,16)(H,17,18). The van der Waals surface area contributed by atoms with Crippen LogP contribution in [0.25, 0.3) is 0 Å². The zero-order chi connectivity index (χ0) is 14.4. The highest BCUT2D eigenvalue weighted by Crippen LogP contribution is 2.08. The highest BCUT2D eigenvalue weighted by molar-refractivity contribution is 5.97. The minimum atomic E-state index is -1.23. The van der Waals surface area contributed by atoms with E-state index in [2.05, 4.69) is 0 Å². The van der Waals surface area contributed by atoms with Gasteiger partial charge in [-0.1, -0.05) is 12.1 Å². The molecule has 0 atom stereocenters. The highest BCUT2D eigenvalue weighted by Gasteiger charge is 2.20. The number of nitrogens with zero attached hydrogens (tertiary/aromatic N) is 1. The van der Waals surface area contributed by atoms with Crippen molar-refractivity contribution in [2.45, 2.75) is 6.61 Å². The van der Waals surface area contributed by atoms with Crippen molar-refractivity contribution in [2.24, 2.45) is 5.73 Å². The first-order valence-corrected chi connectivity index (χ1v) is 5.43. The van der Waals surface area contributed by atoms with Crippen LogP contribution >= 0.6 is 0 Å². The van der Waals surface area contributed by atoms with E-state index < -0.39 is 30.9 Å².